The van der Waals surface area contributed by atoms with Gasteiger partial charge < -0.3 is 15.1 Å². The minimum atomic E-state index is -0.188. The van der Waals surface area contributed by atoms with E-state index in [0.29, 0.717) is 11.3 Å². The molecule has 4 aromatic rings. The number of carbonyl (C=O) groups excluding carboxylic acids is 1. The number of amides is 1. The summed E-state index contributed by atoms with van der Waals surface area (Å²) in [6, 6.07) is 19.3. The topological polar surface area (TPSA) is 74.2 Å². The third kappa shape index (κ3) is 4.15. The van der Waals surface area contributed by atoms with Crippen LogP contribution in [0.3, 0.4) is 0 Å². The van der Waals surface area contributed by atoms with Crippen LogP contribution in [-0.2, 0) is 0 Å². The average Bonchev–Trinajstić information content (AvgIpc) is 2.84. The molecule has 1 fully saturated rings. The Kier molecular flexibility index (Phi) is 5.47. The fraction of sp³-hybridized carbons (Fsp3) is 0.200. The largest absolute Gasteiger partial charge is 0.354 e. The molecular formula is C25H24N6O. The van der Waals surface area contributed by atoms with E-state index in [0.717, 1.165) is 54.2 Å². The van der Waals surface area contributed by atoms with Crippen molar-refractivity contribution in [3.05, 3.63) is 78.8 Å². The quantitative estimate of drug-likeness (QED) is 0.539. The molecule has 1 N–H and O–H groups in total. The van der Waals surface area contributed by atoms with Crippen molar-refractivity contribution in [3.63, 3.8) is 0 Å². The van der Waals surface area contributed by atoms with E-state index in [4.69, 9.17) is 0 Å². The van der Waals surface area contributed by atoms with Gasteiger partial charge in [0.1, 0.15) is 12.1 Å². The first-order valence-corrected chi connectivity index (χ1v) is 10.7. The summed E-state index contributed by atoms with van der Waals surface area (Å²) >= 11 is 0. The van der Waals surface area contributed by atoms with Crippen LogP contribution in [0, 0.1) is 0 Å². The highest BCUT2D eigenvalue weighted by Crippen LogP contribution is 2.27. The van der Waals surface area contributed by atoms with Crippen molar-refractivity contribution in [1.29, 1.82) is 0 Å². The zero-order chi connectivity index (χ0) is 21.9. The zero-order valence-electron chi connectivity index (χ0n) is 17.9. The molecule has 2 aromatic heterocycles. The van der Waals surface area contributed by atoms with Gasteiger partial charge in [-0.1, -0.05) is 30.3 Å². The minimum absolute atomic E-state index is 0.188. The first kappa shape index (κ1) is 20.1. The number of aromatic nitrogens is 3. The van der Waals surface area contributed by atoms with Crippen LogP contribution < -0.4 is 10.2 Å². The summed E-state index contributed by atoms with van der Waals surface area (Å²) in [5, 5.41) is 3.95. The van der Waals surface area contributed by atoms with Gasteiger partial charge in [-0.05, 0) is 37.4 Å². The lowest BCUT2D eigenvalue weighted by Gasteiger charge is -2.33. The Morgan fingerprint density at radius 3 is 2.56 bits per heavy atom. The van der Waals surface area contributed by atoms with Crippen LogP contribution in [0.25, 0.3) is 22.2 Å². The molecule has 1 aliphatic heterocycles. The molecular weight excluding hydrogens is 400 g/mol. The number of carbonyl (C=O) groups is 1. The molecule has 1 aliphatic rings. The molecule has 3 heterocycles. The molecule has 32 heavy (non-hydrogen) atoms. The Labute approximate surface area is 186 Å². The third-order valence-electron chi connectivity index (χ3n) is 5.77. The maximum absolute atomic E-state index is 12.8. The van der Waals surface area contributed by atoms with Crippen molar-refractivity contribution >= 4 is 28.3 Å². The standard InChI is InChI=1S/C25H24N6O/c1-30-11-13-31(14-12-30)23-10-9-19(16-26-23)25(32)29-20-6-4-5-18(15-20)24-21-7-2-3-8-22(21)27-17-28-24/h2-10,15-17H,11-14H2,1H3,(H,29,32). The summed E-state index contributed by atoms with van der Waals surface area (Å²) in [4.78, 5) is 30.7. The molecule has 0 radical (unpaired) electrons. The lowest BCUT2D eigenvalue weighted by molar-refractivity contribution is 0.102. The van der Waals surface area contributed by atoms with E-state index in [1.807, 2.05) is 60.7 Å². The Morgan fingerprint density at radius 2 is 1.75 bits per heavy atom. The number of pyridine rings is 1. The highest BCUT2D eigenvalue weighted by Gasteiger charge is 2.16. The van der Waals surface area contributed by atoms with Crippen LogP contribution in [0.4, 0.5) is 11.5 Å². The molecule has 5 rings (SSSR count). The third-order valence-corrected chi connectivity index (χ3v) is 5.77. The Hall–Kier alpha value is -3.84. The van der Waals surface area contributed by atoms with E-state index < -0.39 is 0 Å². The number of anilines is 2. The molecule has 0 atom stereocenters. The molecule has 0 spiro atoms. The monoisotopic (exact) mass is 424 g/mol. The van der Waals surface area contributed by atoms with Crippen LogP contribution in [0.2, 0.25) is 0 Å². The predicted molar refractivity (Wildman–Crippen MR) is 127 cm³/mol. The normalized spacial score (nSPS) is 14.5. The summed E-state index contributed by atoms with van der Waals surface area (Å²) < 4.78 is 0. The first-order valence-electron chi connectivity index (χ1n) is 10.7. The van der Waals surface area contributed by atoms with Crippen molar-refractivity contribution in [2.45, 2.75) is 0 Å². The Balaban J connectivity index is 1.33. The number of likely N-dealkylation sites (N-methyl/N-ethyl adjacent to an activating group) is 1. The van der Waals surface area contributed by atoms with Crippen LogP contribution in [0.1, 0.15) is 10.4 Å². The van der Waals surface area contributed by atoms with E-state index in [2.05, 4.69) is 37.1 Å². The summed E-state index contributed by atoms with van der Waals surface area (Å²) in [6.07, 6.45) is 3.21. The van der Waals surface area contributed by atoms with E-state index in [1.54, 1.807) is 12.5 Å². The van der Waals surface area contributed by atoms with Crippen molar-refractivity contribution < 1.29 is 4.79 Å². The summed E-state index contributed by atoms with van der Waals surface area (Å²) in [5.74, 6) is 0.722. The molecule has 0 aliphatic carbocycles. The number of rotatable bonds is 4. The van der Waals surface area contributed by atoms with Gasteiger partial charge in [0.25, 0.3) is 5.91 Å². The second kappa shape index (κ2) is 8.72. The van der Waals surface area contributed by atoms with Gasteiger partial charge in [0.05, 0.1) is 16.8 Å². The number of fused-ring (bicyclic) bond motifs is 1. The zero-order valence-corrected chi connectivity index (χ0v) is 17.9. The van der Waals surface area contributed by atoms with Gasteiger partial charge in [-0.3, -0.25) is 4.79 Å². The molecule has 7 nitrogen and oxygen atoms in total. The highest BCUT2D eigenvalue weighted by molar-refractivity contribution is 6.04. The van der Waals surface area contributed by atoms with Crippen LogP contribution >= 0.6 is 0 Å². The van der Waals surface area contributed by atoms with Gasteiger partial charge in [0, 0.05) is 49.0 Å². The highest BCUT2D eigenvalue weighted by atomic mass is 16.1. The van der Waals surface area contributed by atoms with Gasteiger partial charge in [-0.2, -0.15) is 0 Å². The lowest BCUT2D eigenvalue weighted by Crippen LogP contribution is -2.44. The van der Waals surface area contributed by atoms with E-state index in [1.165, 1.54) is 0 Å². The molecule has 0 saturated carbocycles. The smallest absolute Gasteiger partial charge is 0.257 e. The van der Waals surface area contributed by atoms with Crippen molar-refractivity contribution in [1.82, 2.24) is 19.9 Å². The van der Waals surface area contributed by atoms with Crippen LogP contribution in [0.5, 0.6) is 0 Å². The second-order valence-electron chi connectivity index (χ2n) is 7.97. The summed E-state index contributed by atoms with van der Waals surface area (Å²) in [6.45, 7) is 3.92. The Morgan fingerprint density at radius 1 is 0.906 bits per heavy atom. The van der Waals surface area contributed by atoms with Gasteiger partial charge in [-0.15, -0.1) is 0 Å². The fourth-order valence-electron chi connectivity index (χ4n) is 3.93. The number of benzene rings is 2. The van der Waals surface area contributed by atoms with Crippen LogP contribution in [0.15, 0.2) is 73.2 Å². The maximum atomic E-state index is 12.8. The Bertz CT molecular complexity index is 1240. The first-order chi connectivity index (χ1) is 15.7. The molecule has 1 amide bonds. The second-order valence-corrected chi connectivity index (χ2v) is 7.97. The minimum Gasteiger partial charge on any atom is -0.354 e. The van der Waals surface area contributed by atoms with Crippen molar-refractivity contribution in [3.8, 4) is 11.3 Å². The van der Waals surface area contributed by atoms with Gasteiger partial charge >= 0.3 is 0 Å². The van der Waals surface area contributed by atoms with Crippen molar-refractivity contribution in [2.75, 3.05) is 43.4 Å². The van der Waals surface area contributed by atoms with Crippen molar-refractivity contribution in [2.24, 2.45) is 0 Å². The number of nitrogens with one attached hydrogen (secondary N) is 1. The van der Waals surface area contributed by atoms with Crippen LogP contribution in [-0.4, -0.2) is 59.0 Å². The number of para-hydroxylation sites is 1. The summed E-state index contributed by atoms with van der Waals surface area (Å²) in [7, 11) is 2.13. The van der Waals surface area contributed by atoms with E-state index in [-0.39, 0.29) is 5.91 Å². The number of hydrogen-bond donors (Lipinski definition) is 1. The van der Waals surface area contributed by atoms with Gasteiger partial charge in [0.15, 0.2) is 0 Å². The summed E-state index contributed by atoms with van der Waals surface area (Å²) in [5.41, 5.74) is 3.88. The van der Waals surface area contributed by atoms with E-state index >= 15 is 0 Å². The molecule has 0 bridgehead atoms. The fourth-order valence-corrected chi connectivity index (χ4v) is 3.93. The average molecular weight is 425 g/mol. The number of piperazine rings is 1. The number of hydrogen-bond acceptors (Lipinski definition) is 6. The predicted octanol–water partition coefficient (Wildman–Crippen LogP) is 3.70. The molecule has 7 heteroatoms. The lowest BCUT2D eigenvalue weighted by atomic mass is 10.1. The molecule has 160 valence electrons. The van der Waals surface area contributed by atoms with Gasteiger partial charge in [-0.25, -0.2) is 15.0 Å². The molecule has 0 unspecified atom stereocenters. The van der Waals surface area contributed by atoms with Gasteiger partial charge in [0.2, 0.25) is 0 Å². The van der Waals surface area contributed by atoms with E-state index in [9.17, 15) is 4.79 Å². The molecule has 1 saturated heterocycles. The SMILES string of the molecule is CN1CCN(c2ccc(C(=O)Nc3cccc(-c4ncnc5ccccc45)c3)cn2)CC1. The number of nitrogens with zero attached hydrogens (tertiary/aromatic N) is 5. The molecule has 2 aromatic carbocycles. The maximum Gasteiger partial charge on any atom is 0.257 e.